The molecule has 3 heteroatoms. The minimum absolute atomic E-state index is 0.0415. The zero-order chi connectivity index (χ0) is 11.0. The molecule has 0 saturated carbocycles. The molecule has 0 radical (unpaired) electrons. The first-order chi connectivity index (χ1) is 7.08. The highest BCUT2D eigenvalue weighted by molar-refractivity contribution is 6.30. The van der Waals surface area contributed by atoms with Crippen LogP contribution in [0.5, 0.6) is 5.75 Å². The van der Waals surface area contributed by atoms with E-state index in [1.165, 1.54) is 0 Å². The molecule has 1 heterocycles. The fourth-order valence-electron chi connectivity index (χ4n) is 1.91. The van der Waals surface area contributed by atoms with Crippen molar-refractivity contribution >= 4 is 11.6 Å². The molecule has 2 nitrogen and oxygen atoms in total. The second-order valence-electron chi connectivity index (χ2n) is 4.42. The molecule has 1 aromatic carbocycles. The molecule has 0 amide bonds. The molecule has 2 N–H and O–H groups in total. The van der Waals surface area contributed by atoms with Crippen LogP contribution in [-0.2, 0) is 0 Å². The lowest BCUT2D eigenvalue weighted by Gasteiger charge is -2.32. The summed E-state index contributed by atoms with van der Waals surface area (Å²) in [6, 6.07) is 5.69. The molecule has 1 unspecified atom stereocenters. The van der Waals surface area contributed by atoms with Crippen molar-refractivity contribution in [1.82, 2.24) is 0 Å². The fraction of sp³-hybridized carbons (Fsp3) is 0.500. The van der Waals surface area contributed by atoms with Crippen molar-refractivity contribution in [2.24, 2.45) is 11.7 Å². The van der Waals surface area contributed by atoms with E-state index < -0.39 is 0 Å². The number of halogens is 1. The minimum atomic E-state index is 0.0415. The largest absolute Gasteiger partial charge is 0.490 e. The van der Waals surface area contributed by atoms with Crippen LogP contribution in [0, 0.1) is 5.92 Å². The number of nitrogens with two attached hydrogens (primary N) is 1. The van der Waals surface area contributed by atoms with E-state index in [1.54, 1.807) is 0 Å². The standard InChI is InChI=1S/C12H16ClNO/c1-7(2)12-6-10(14)9-5-8(13)3-4-11(9)15-12/h3-5,7,10,12H,6,14H2,1-2H3/t10-,12?/m1/s1. The molecule has 2 rings (SSSR count). The van der Waals surface area contributed by atoms with Gasteiger partial charge in [-0.2, -0.15) is 0 Å². The van der Waals surface area contributed by atoms with E-state index in [1.807, 2.05) is 18.2 Å². The normalized spacial score (nSPS) is 24.9. The first kappa shape index (κ1) is 10.8. The fourth-order valence-corrected chi connectivity index (χ4v) is 2.09. The quantitative estimate of drug-likeness (QED) is 0.797. The lowest BCUT2D eigenvalue weighted by Crippen LogP contribution is -2.33. The summed E-state index contributed by atoms with van der Waals surface area (Å²) >= 11 is 5.93. The molecule has 0 fully saturated rings. The Morgan fingerprint density at radius 1 is 1.47 bits per heavy atom. The van der Waals surface area contributed by atoms with Crippen LogP contribution in [-0.4, -0.2) is 6.10 Å². The van der Waals surface area contributed by atoms with Gasteiger partial charge in [0.15, 0.2) is 0 Å². The van der Waals surface area contributed by atoms with Crippen LogP contribution >= 0.6 is 11.6 Å². The van der Waals surface area contributed by atoms with Crippen LogP contribution in [0.25, 0.3) is 0 Å². The molecule has 0 bridgehead atoms. The summed E-state index contributed by atoms with van der Waals surface area (Å²) in [5.74, 6) is 1.37. The highest BCUT2D eigenvalue weighted by atomic mass is 35.5. The summed E-state index contributed by atoms with van der Waals surface area (Å²) in [6.07, 6.45) is 1.08. The topological polar surface area (TPSA) is 35.2 Å². The second-order valence-corrected chi connectivity index (χ2v) is 4.86. The summed E-state index contributed by atoms with van der Waals surface area (Å²) in [5.41, 5.74) is 7.13. The molecule has 0 spiro atoms. The van der Waals surface area contributed by atoms with Crippen molar-refractivity contribution in [1.29, 1.82) is 0 Å². The van der Waals surface area contributed by atoms with Gasteiger partial charge in [0.25, 0.3) is 0 Å². The van der Waals surface area contributed by atoms with Gasteiger partial charge in [-0.25, -0.2) is 0 Å². The Labute approximate surface area is 95.4 Å². The zero-order valence-electron chi connectivity index (χ0n) is 9.03. The first-order valence-electron chi connectivity index (χ1n) is 5.29. The van der Waals surface area contributed by atoms with E-state index in [4.69, 9.17) is 22.1 Å². The van der Waals surface area contributed by atoms with Gasteiger partial charge in [-0.05, 0) is 24.1 Å². The smallest absolute Gasteiger partial charge is 0.124 e. The highest BCUT2D eigenvalue weighted by Crippen LogP contribution is 2.36. The molecular weight excluding hydrogens is 210 g/mol. The van der Waals surface area contributed by atoms with Crippen LogP contribution in [0.3, 0.4) is 0 Å². The van der Waals surface area contributed by atoms with Crippen LogP contribution in [0.2, 0.25) is 5.02 Å². The van der Waals surface area contributed by atoms with Crippen molar-refractivity contribution in [3.8, 4) is 5.75 Å². The average molecular weight is 226 g/mol. The van der Waals surface area contributed by atoms with Gasteiger partial charge in [-0.3, -0.25) is 0 Å². The zero-order valence-corrected chi connectivity index (χ0v) is 9.79. The van der Waals surface area contributed by atoms with Gasteiger partial charge in [0.05, 0.1) is 0 Å². The summed E-state index contributed by atoms with van der Waals surface area (Å²) in [5, 5.41) is 0.718. The van der Waals surface area contributed by atoms with Gasteiger partial charge in [0.1, 0.15) is 11.9 Å². The second kappa shape index (κ2) is 4.03. The maximum Gasteiger partial charge on any atom is 0.124 e. The summed E-state index contributed by atoms with van der Waals surface area (Å²) < 4.78 is 5.88. The third kappa shape index (κ3) is 2.11. The minimum Gasteiger partial charge on any atom is -0.490 e. The predicted octanol–water partition coefficient (Wildman–Crippen LogP) is 3.15. The van der Waals surface area contributed by atoms with E-state index >= 15 is 0 Å². The Morgan fingerprint density at radius 3 is 2.87 bits per heavy atom. The maximum absolute atomic E-state index is 6.10. The van der Waals surface area contributed by atoms with E-state index in [9.17, 15) is 0 Å². The number of rotatable bonds is 1. The molecular formula is C12H16ClNO. The van der Waals surface area contributed by atoms with Gasteiger partial charge >= 0.3 is 0 Å². The summed E-state index contributed by atoms with van der Waals surface area (Å²) in [7, 11) is 0. The van der Waals surface area contributed by atoms with E-state index in [0.717, 1.165) is 22.8 Å². The third-order valence-corrected chi connectivity index (χ3v) is 3.11. The van der Waals surface area contributed by atoms with Crippen molar-refractivity contribution in [3.63, 3.8) is 0 Å². The Kier molecular flexibility index (Phi) is 2.89. The van der Waals surface area contributed by atoms with Crippen LogP contribution in [0.15, 0.2) is 18.2 Å². The van der Waals surface area contributed by atoms with E-state index in [2.05, 4.69) is 13.8 Å². The maximum atomic E-state index is 6.10. The van der Waals surface area contributed by atoms with Gasteiger partial charge in [-0.15, -0.1) is 0 Å². The number of hydrogen-bond acceptors (Lipinski definition) is 2. The molecule has 1 aliphatic rings. The molecule has 2 atom stereocenters. The monoisotopic (exact) mass is 225 g/mol. The Bertz CT molecular complexity index is 365. The first-order valence-corrected chi connectivity index (χ1v) is 5.67. The van der Waals surface area contributed by atoms with Gasteiger partial charge in [0, 0.05) is 23.0 Å². The SMILES string of the molecule is CC(C)C1C[C@@H](N)c2cc(Cl)ccc2O1. The highest BCUT2D eigenvalue weighted by Gasteiger charge is 2.27. The van der Waals surface area contributed by atoms with Crippen molar-refractivity contribution in [3.05, 3.63) is 28.8 Å². The van der Waals surface area contributed by atoms with Crippen LogP contribution < -0.4 is 10.5 Å². The Hall–Kier alpha value is -0.730. The molecule has 0 saturated heterocycles. The summed E-state index contributed by atoms with van der Waals surface area (Å²) in [4.78, 5) is 0. The van der Waals surface area contributed by atoms with Crippen LogP contribution in [0.4, 0.5) is 0 Å². The number of fused-ring (bicyclic) bond motifs is 1. The van der Waals surface area contributed by atoms with Gasteiger partial charge in [-0.1, -0.05) is 25.4 Å². The van der Waals surface area contributed by atoms with Gasteiger partial charge in [0.2, 0.25) is 0 Å². The lowest BCUT2D eigenvalue weighted by atomic mass is 9.92. The molecule has 15 heavy (non-hydrogen) atoms. The summed E-state index contributed by atoms with van der Waals surface area (Å²) in [6.45, 7) is 4.30. The molecule has 82 valence electrons. The number of ether oxygens (including phenoxy) is 1. The lowest BCUT2D eigenvalue weighted by molar-refractivity contribution is 0.115. The molecule has 0 aromatic heterocycles. The van der Waals surface area contributed by atoms with Gasteiger partial charge < -0.3 is 10.5 Å². The average Bonchev–Trinajstić information content (AvgIpc) is 2.18. The Morgan fingerprint density at radius 2 is 2.20 bits per heavy atom. The van der Waals surface area contributed by atoms with Crippen molar-refractivity contribution < 1.29 is 4.74 Å². The number of benzene rings is 1. The van der Waals surface area contributed by atoms with Crippen molar-refractivity contribution in [2.45, 2.75) is 32.4 Å². The van der Waals surface area contributed by atoms with Crippen molar-refractivity contribution in [2.75, 3.05) is 0 Å². The molecule has 1 aliphatic heterocycles. The van der Waals surface area contributed by atoms with E-state index in [0.29, 0.717) is 5.92 Å². The third-order valence-electron chi connectivity index (χ3n) is 2.88. The van der Waals surface area contributed by atoms with E-state index in [-0.39, 0.29) is 12.1 Å². The Balaban J connectivity index is 2.32. The predicted molar refractivity (Wildman–Crippen MR) is 62.3 cm³/mol. The van der Waals surface area contributed by atoms with Crippen LogP contribution in [0.1, 0.15) is 31.9 Å². The molecule has 1 aromatic rings. The number of hydrogen-bond donors (Lipinski definition) is 1. The molecule has 0 aliphatic carbocycles.